The molecule has 0 saturated carbocycles. The fourth-order valence-corrected chi connectivity index (χ4v) is 4.77. The molecule has 0 aromatic heterocycles. The number of aliphatic imine (C=N–C) groups is 1. The van der Waals surface area contributed by atoms with E-state index in [9.17, 15) is 8.42 Å². The number of guanidine groups is 1. The van der Waals surface area contributed by atoms with Crippen molar-refractivity contribution in [3.05, 3.63) is 29.8 Å². The Morgan fingerprint density at radius 2 is 2.00 bits per heavy atom. The van der Waals surface area contributed by atoms with Gasteiger partial charge in [0.1, 0.15) is 0 Å². The predicted octanol–water partition coefficient (Wildman–Crippen LogP) is 2.49. The summed E-state index contributed by atoms with van der Waals surface area (Å²) in [6, 6.07) is 6.98. The van der Waals surface area contributed by atoms with E-state index >= 15 is 0 Å². The van der Waals surface area contributed by atoms with Crippen LogP contribution in [0.3, 0.4) is 0 Å². The first-order valence-electron chi connectivity index (χ1n) is 10.4. The van der Waals surface area contributed by atoms with Crippen molar-refractivity contribution in [2.75, 3.05) is 40.0 Å². The third kappa shape index (κ3) is 10.5. The van der Waals surface area contributed by atoms with E-state index in [0.717, 1.165) is 32.7 Å². The zero-order chi connectivity index (χ0) is 22.0. The SMILES string of the molecule is CN=C(NCCCOCC1CCOC1)NCc1ccccc1S(=O)(=O)NC(C)(C)C.I. The maximum Gasteiger partial charge on any atom is 0.241 e. The molecule has 1 aromatic rings. The average molecular weight is 569 g/mol. The quantitative estimate of drug-likeness (QED) is 0.174. The first-order valence-corrected chi connectivity index (χ1v) is 11.9. The monoisotopic (exact) mass is 568 g/mol. The number of benzene rings is 1. The highest BCUT2D eigenvalue weighted by atomic mass is 127. The number of rotatable bonds is 10. The lowest BCUT2D eigenvalue weighted by atomic mass is 10.1. The van der Waals surface area contributed by atoms with Gasteiger partial charge in [0.15, 0.2) is 5.96 Å². The molecule has 0 radical (unpaired) electrons. The van der Waals surface area contributed by atoms with Crippen molar-refractivity contribution in [3.63, 3.8) is 0 Å². The van der Waals surface area contributed by atoms with Gasteiger partial charge in [-0.3, -0.25) is 4.99 Å². The summed E-state index contributed by atoms with van der Waals surface area (Å²) >= 11 is 0. The van der Waals surface area contributed by atoms with Gasteiger partial charge in [0.2, 0.25) is 10.0 Å². The molecule has 1 fully saturated rings. The van der Waals surface area contributed by atoms with Crippen molar-refractivity contribution in [1.29, 1.82) is 0 Å². The van der Waals surface area contributed by atoms with E-state index in [0.29, 0.717) is 37.1 Å². The minimum atomic E-state index is -3.61. The lowest BCUT2D eigenvalue weighted by Gasteiger charge is -2.22. The first kappa shape index (κ1) is 28.1. The second kappa shape index (κ2) is 13.6. The van der Waals surface area contributed by atoms with Crippen molar-refractivity contribution in [3.8, 4) is 0 Å². The Hall–Kier alpha value is -0.950. The molecule has 0 spiro atoms. The van der Waals surface area contributed by atoms with E-state index < -0.39 is 15.6 Å². The Kier molecular flexibility index (Phi) is 12.3. The van der Waals surface area contributed by atoms with Crippen LogP contribution >= 0.6 is 24.0 Å². The summed E-state index contributed by atoms with van der Waals surface area (Å²) in [5.41, 5.74) is 0.128. The number of nitrogens with one attached hydrogen (secondary N) is 3. The maximum absolute atomic E-state index is 12.7. The van der Waals surface area contributed by atoms with Crippen LogP contribution < -0.4 is 15.4 Å². The molecular formula is C21H37IN4O4S. The van der Waals surface area contributed by atoms with Gasteiger partial charge in [-0.25, -0.2) is 13.1 Å². The van der Waals surface area contributed by atoms with Gasteiger partial charge in [0, 0.05) is 44.8 Å². The van der Waals surface area contributed by atoms with E-state index in [1.165, 1.54) is 0 Å². The summed E-state index contributed by atoms with van der Waals surface area (Å²) in [6.07, 6.45) is 1.94. The van der Waals surface area contributed by atoms with Crippen LogP contribution in [-0.2, 0) is 26.0 Å². The summed E-state index contributed by atoms with van der Waals surface area (Å²) in [4.78, 5) is 4.48. The number of nitrogens with zero attached hydrogens (tertiary/aromatic N) is 1. The standard InChI is InChI=1S/C21H36N4O4S.HI/c1-21(2,3)25-30(26,27)19-9-6-5-8-18(19)14-24-20(22-4)23-11-7-12-28-15-17-10-13-29-16-17;/h5-6,8-9,17,25H,7,10-16H2,1-4H3,(H2,22,23,24);1H. The number of halogens is 1. The molecule has 1 heterocycles. The minimum absolute atomic E-state index is 0. The van der Waals surface area contributed by atoms with E-state index in [-0.39, 0.29) is 28.9 Å². The Morgan fingerprint density at radius 1 is 1.26 bits per heavy atom. The largest absolute Gasteiger partial charge is 0.381 e. The number of hydrogen-bond acceptors (Lipinski definition) is 5. The zero-order valence-electron chi connectivity index (χ0n) is 18.9. The van der Waals surface area contributed by atoms with Gasteiger partial charge in [-0.2, -0.15) is 0 Å². The van der Waals surface area contributed by atoms with E-state index in [2.05, 4.69) is 20.3 Å². The third-order valence-corrected chi connectivity index (χ3v) is 6.37. The topological polar surface area (TPSA) is 101 Å². The molecule has 31 heavy (non-hydrogen) atoms. The third-order valence-electron chi connectivity index (χ3n) is 4.51. The fourth-order valence-electron chi connectivity index (χ4n) is 3.12. The molecule has 10 heteroatoms. The lowest BCUT2D eigenvalue weighted by molar-refractivity contribution is 0.0888. The van der Waals surface area contributed by atoms with Gasteiger partial charge in [-0.05, 0) is 45.2 Å². The van der Waals surface area contributed by atoms with Crippen LogP contribution in [0.1, 0.15) is 39.2 Å². The molecule has 2 rings (SSSR count). The minimum Gasteiger partial charge on any atom is -0.381 e. The molecule has 1 atom stereocenters. The van der Waals surface area contributed by atoms with Gasteiger partial charge >= 0.3 is 0 Å². The zero-order valence-corrected chi connectivity index (χ0v) is 22.1. The number of hydrogen-bond donors (Lipinski definition) is 3. The van der Waals surface area contributed by atoms with Crippen LogP contribution in [0.25, 0.3) is 0 Å². The van der Waals surface area contributed by atoms with Gasteiger partial charge in [-0.15, -0.1) is 24.0 Å². The van der Waals surface area contributed by atoms with Crippen molar-refractivity contribution < 1.29 is 17.9 Å². The van der Waals surface area contributed by atoms with Gasteiger partial charge < -0.3 is 20.1 Å². The first-order chi connectivity index (χ1) is 14.2. The molecule has 1 unspecified atom stereocenters. The van der Waals surface area contributed by atoms with E-state index in [4.69, 9.17) is 9.47 Å². The van der Waals surface area contributed by atoms with Gasteiger partial charge in [0.25, 0.3) is 0 Å². The normalized spacial score (nSPS) is 17.3. The van der Waals surface area contributed by atoms with Crippen molar-refractivity contribution >= 4 is 40.0 Å². The molecule has 0 bridgehead atoms. The van der Waals surface area contributed by atoms with E-state index in [1.54, 1.807) is 25.2 Å². The second-order valence-electron chi connectivity index (χ2n) is 8.47. The van der Waals surface area contributed by atoms with Crippen LogP contribution in [0.4, 0.5) is 0 Å². The highest BCUT2D eigenvalue weighted by Crippen LogP contribution is 2.17. The molecule has 178 valence electrons. The van der Waals surface area contributed by atoms with E-state index in [1.807, 2.05) is 26.8 Å². The molecule has 1 aliphatic heterocycles. The molecule has 0 amide bonds. The number of sulfonamides is 1. The van der Waals surface area contributed by atoms with Crippen LogP contribution in [-0.4, -0.2) is 59.9 Å². The maximum atomic E-state index is 12.7. The molecule has 1 aromatic carbocycles. The van der Waals surface area contributed by atoms with Crippen LogP contribution in [0.2, 0.25) is 0 Å². The van der Waals surface area contributed by atoms with Crippen molar-refractivity contribution in [1.82, 2.24) is 15.4 Å². The second-order valence-corrected chi connectivity index (χ2v) is 10.1. The van der Waals surface area contributed by atoms with Crippen molar-refractivity contribution in [2.24, 2.45) is 10.9 Å². The molecule has 3 N–H and O–H groups in total. The summed E-state index contributed by atoms with van der Waals surface area (Å²) in [5, 5.41) is 6.42. The Bertz CT molecular complexity index is 791. The Morgan fingerprint density at radius 3 is 2.65 bits per heavy atom. The number of ether oxygens (including phenoxy) is 2. The highest BCUT2D eigenvalue weighted by Gasteiger charge is 2.24. The van der Waals surface area contributed by atoms with Crippen LogP contribution in [0.5, 0.6) is 0 Å². The summed E-state index contributed by atoms with van der Waals surface area (Å²) in [6.45, 7) is 9.60. The predicted molar refractivity (Wildman–Crippen MR) is 134 cm³/mol. The van der Waals surface area contributed by atoms with Crippen molar-refractivity contribution in [2.45, 2.75) is 50.6 Å². The smallest absolute Gasteiger partial charge is 0.241 e. The summed E-state index contributed by atoms with van der Waals surface area (Å²) < 4.78 is 39.2. The average Bonchev–Trinajstić information content (AvgIpc) is 3.18. The van der Waals surface area contributed by atoms with Gasteiger partial charge in [-0.1, -0.05) is 18.2 Å². The van der Waals surface area contributed by atoms with Crippen LogP contribution in [0, 0.1) is 5.92 Å². The summed E-state index contributed by atoms with van der Waals surface area (Å²) in [5.74, 6) is 1.15. The highest BCUT2D eigenvalue weighted by molar-refractivity contribution is 14.0. The summed E-state index contributed by atoms with van der Waals surface area (Å²) in [7, 11) is -1.92. The molecule has 1 saturated heterocycles. The Labute approximate surface area is 204 Å². The molecular weight excluding hydrogens is 531 g/mol. The molecule has 0 aliphatic carbocycles. The molecule has 8 nitrogen and oxygen atoms in total. The fraction of sp³-hybridized carbons (Fsp3) is 0.667. The van der Waals surface area contributed by atoms with Crippen LogP contribution in [0.15, 0.2) is 34.2 Å². The van der Waals surface area contributed by atoms with Gasteiger partial charge in [0.05, 0.1) is 18.1 Å². The Balaban J connectivity index is 0.00000480. The molecule has 1 aliphatic rings. The lowest BCUT2D eigenvalue weighted by Crippen LogP contribution is -2.41.